The van der Waals surface area contributed by atoms with Gasteiger partial charge in [-0.2, -0.15) is 0 Å². The van der Waals surface area contributed by atoms with E-state index in [9.17, 15) is 0 Å². The number of allylic oxidation sites excluding steroid dienone is 8. The summed E-state index contributed by atoms with van der Waals surface area (Å²) in [6, 6.07) is 37.1. The van der Waals surface area contributed by atoms with Gasteiger partial charge < -0.3 is 8.83 Å². The fourth-order valence-electron chi connectivity index (χ4n) is 6.80. The van der Waals surface area contributed by atoms with Crippen LogP contribution in [0.2, 0.25) is 0 Å². The van der Waals surface area contributed by atoms with Crippen LogP contribution in [0.4, 0.5) is 0 Å². The Morgan fingerprint density at radius 1 is 0.551 bits per heavy atom. The first-order valence-corrected chi connectivity index (χ1v) is 16.6. The molecule has 1 aliphatic carbocycles. The molecule has 0 aliphatic heterocycles. The topological polar surface area (TPSA) is 65.0 Å². The molecule has 0 spiro atoms. The van der Waals surface area contributed by atoms with Gasteiger partial charge in [0, 0.05) is 32.7 Å². The van der Waals surface area contributed by atoms with Crippen LogP contribution in [0.3, 0.4) is 0 Å². The lowest BCUT2D eigenvalue weighted by atomic mass is 9.94. The van der Waals surface area contributed by atoms with Crippen molar-refractivity contribution >= 4 is 49.5 Å². The minimum atomic E-state index is 0.608. The number of hydrogen-bond donors (Lipinski definition) is 0. The fraction of sp³-hybridized carbons (Fsp3) is 0.0682. The molecule has 9 rings (SSSR count). The molecular formula is C44H31N3O2. The molecule has 5 nitrogen and oxygen atoms in total. The highest BCUT2D eigenvalue weighted by molar-refractivity contribution is 6.15. The van der Waals surface area contributed by atoms with Crippen molar-refractivity contribution in [2.45, 2.75) is 19.8 Å². The molecule has 1 aliphatic rings. The summed E-state index contributed by atoms with van der Waals surface area (Å²) in [7, 11) is 0. The second-order valence-corrected chi connectivity index (χ2v) is 12.3. The standard InChI is InChI=1S/C44H31N3O2/c1-2-3-5-12-28-19-21-30(22-20-28)42-45-43(31-23-25-38-35(27-31)33-15-8-10-17-36(33)48-38)47-44(46-42)41-32(29-13-6-4-7-14-29)24-26-39-40(41)34-16-9-11-18-37(34)49-39/h2-19,21,23-27H,20,22H2,1H3/b3-2-,12-5-. The van der Waals surface area contributed by atoms with Gasteiger partial charge in [-0.1, -0.05) is 103 Å². The summed E-state index contributed by atoms with van der Waals surface area (Å²) in [6.07, 6.45) is 14.4. The average molecular weight is 634 g/mol. The van der Waals surface area contributed by atoms with E-state index in [4.69, 9.17) is 23.8 Å². The smallest absolute Gasteiger partial charge is 0.165 e. The molecule has 0 saturated carbocycles. The Labute approximate surface area is 283 Å². The highest BCUT2D eigenvalue weighted by Crippen LogP contribution is 2.42. The summed E-state index contributed by atoms with van der Waals surface area (Å²) in [6.45, 7) is 2.02. The third-order valence-electron chi connectivity index (χ3n) is 9.20. The van der Waals surface area contributed by atoms with Crippen molar-refractivity contribution in [3.63, 3.8) is 0 Å². The molecule has 5 heteroatoms. The van der Waals surface area contributed by atoms with Gasteiger partial charge in [0.1, 0.15) is 22.3 Å². The first kappa shape index (κ1) is 28.9. The molecule has 0 saturated heterocycles. The summed E-state index contributed by atoms with van der Waals surface area (Å²) in [5.74, 6) is 1.89. The van der Waals surface area contributed by atoms with Crippen molar-refractivity contribution in [1.29, 1.82) is 0 Å². The lowest BCUT2D eigenvalue weighted by Gasteiger charge is -2.16. The number of nitrogens with zero attached hydrogens (tertiary/aromatic N) is 3. The predicted octanol–water partition coefficient (Wildman–Crippen LogP) is 11.9. The number of fused-ring (bicyclic) bond motifs is 6. The number of furan rings is 2. The minimum Gasteiger partial charge on any atom is -0.456 e. The normalized spacial score (nSPS) is 13.7. The van der Waals surface area contributed by atoms with E-state index < -0.39 is 0 Å². The van der Waals surface area contributed by atoms with Gasteiger partial charge in [-0.15, -0.1) is 0 Å². The molecule has 0 radical (unpaired) electrons. The van der Waals surface area contributed by atoms with Crippen LogP contribution >= 0.6 is 0 Å². The van der Waals surface area contributed by atoms with Gasteiger partial charge in [-0.05, 0) is 84.5 Å². The Morgan fingerprint density at radius 2 is 1.24 bits per heavy atom. The van der Waals surface area contributed by atoms with Gasteiger partial charge in [0.15, 0.2) is 17.5 Å². The molecule has 5 aromatic carbocycles. The average Bonchev–Trinajstić information content (AvgIpc) is 3.73. The Kier molecular flexibility index (Phi) is 7.09. The number of hydrogen-bond acceptors (Lipinski definition) is 5. The first-order valence-electron chi connectivity index (χ1n) is 16.6. The van der Waals surface area contributed by atoms with Gasteiger partial charge >= 0.3 is 0 Å². The lowest BCUT2D eigenvalue weighted by molar-refractivity contribution is 0.668. The van der Waals surface area contributed by atoms with Crippen molar-refractivity contribution in [3.8, 4) is 33.9 Å². The molecule has 8 aromatic rings. The van der Waals surface area contributed by atoms with E-state index in [-0.39, 0.29) is 0 Å². The number of aromatic nitrogens is 3. The molecule has 0 atom stereocenters. The quantitative estimate of drug-likeness (QED) is 0.170. The highest BCUT2D eigenvalue weighted by Gasteiger charge is 2.23. The third-order valence-corrected chi connectivity index (χ3v) is 9.20. The molecule has 234 valence electrons. The summed E-state index contributed by atoms with van der Waals surface area (Å²) in [4.78, 5) is 15.7. The number of rotatable bonds is 6. The number of para-hydroxylation sites is 2. The fourth-order valence-corrected chi connectivity index (χ4v) is 6.80. The van der Waals surface area contributed by atoms with Crippen LogP contribution in [0, 0.1) is 0 Å². The Morgan fingerprint density at radius 3 is 2.06 bits per heavy atom. The molecule has 0 unspecified atom stereocenters. The molecule has 0 amide bonds. The van der Waals surface area contributed by atoms with Crippen LogP contribution in [0.5, 0.6) is 0 Å². The van der Waals surface area contributed by atoms with E-state index in [0.29, 0.717) is 17.5 Å². The summed E-state index contributed by atoms with van der Waals surface area (Å²) in [5, 5.41) is 4.11. The van der Waals surface area contributed by atoms with Crippen LogP contribution in [-0.4, -0.2) is 15.0 Å². The third kappa shape index (κ3) is 5.17. The zero-order valence-electron chi connectivity index (χ0n) is 26.9. The van der Waals surface area contributed by atoms with Crippen molar-refractivity contribution in [3.05, 3.63) is 157 Å². The maximum absolute atomic E-state index is 6.39. The molecule has 0 bridgehead atoms. The van der Waals surface area contributed by atoms with Gasteiger partial charge in [0.05, 0.1) is 0 Å². The van der Waals surface area contributed by atoms with Crippen LogP contribution < -0.4 is 0 Å². The summed E-state index contributed by atoms with van der Waals surface area (Å²) in [5.41, 5.74) is 9.60. The monoisotopic (exact) mass is 633 g/mol. The Hall–Kier alpha value is -6.33. The van der Waals surface area contributed by atoms with E-state index in [2.05, 4.69) is 85.0 Å². The summed E-state index contributed by atoms with van der Waals surface area (Å²) < 4.78 is 12.5. The lowest BCUT2D eigenvalue weighted by Crippen LogP contribution is -2.05. The zero-order valence-corrected chi connectivity index (χ0v) is 26.9. The van der Waals surface area contributed by atoms with E-state index >= 15 is 0 Å². The van der Waals surface area contributed by atoms with Crippen LogP contribution in [-0.2, 0) is 0 Å². The SMILES string of the molecule is C/C=C\C=C/C1=CC=C(c2nc(-c3ccc4oc5ccccc5c4c3)nc(-c3c(-c4ccccc4)ccc4oc5ccccc5c34)n2)CC1. The maximum Gasteiger partial charge on any atom is 0.165 e. The minimum absolute atomic E-state index is 0.608. The van der Waals surface area contributed by atoms with E-state index in [1.807, 2.05) is 67.6 Å². The number of benzene rings is 5. The Balaban J connectivity index is 1.31. The van der Waals surface area contributed by atoms with Gasteiger partial charge in [0.25, 0.3) is 0 Å². The second-order valence-electron chi connectivity index (χ2n) is 12.3. The van der Waals surface area contributed by atoms with E-state index in [1.54, 1.807) is 0 Å². The van der Waals surface area contributed by atoms with Crippen LogP contribution in [0.1, 0.15) is 25.6 Å². The molecule has 0 fully saturated rings. The second kappa shape index (κ2) is 12.0. The van der Waals surface area contributed by atoms with E-state index in [1.165, 1.54) is 5.57 Å². The largest absolute Gasteiger partial charge is 0.456 e. The summed E-state index contributed by atoms with van der Waals surface area (Å²) >= 11 is 0. The predicted molar refractivity (Wildman–Crippen MR) is 200 cm³/mol. The van der Waals surface area contributed by atoms with Gasteiger partial charge in [-0.25, -0.2) is 15.0 Å². The van der Waals surface area contributed by atoms with Gasteiger partial charge in [-0.3, -0.25) is 0 Å². The van der Waals surface area contributed by atoms with Crippen LogP contribution in [0.15, 0.2) is 160 Å². The maximum atomic E-state index is 6.39. The molecule has 0 N–H and O–H groups in total. The van der Waals surface area contributed by atoms with E-state index in [0.717, 1.165) is 84.5 Å². The molecular weight excluding hydrogens is 603 g/mol. The van der Waals surface area contributed by atoms with Gasteiger partial charge in [0.2, 0.25) is 0 Å². The molecule has 49 heavy (non-hydrogen) atoms. The molecule has 3 heterocycles. The van der Waals surface area contributed by atoms with Crippen molar-refractivity contribution in [1.82, 2.24) is 15.0 Å². The van der Waals surface area contributed by atoms with Crippen molar-refractivity contribution in [2.24, 2.45) is 0 Å². The van der Waals surface area contributed by atoms with Crippen molar-refractivity contribution in [2.75, 3.05) is 0 Å². The molecule has 3 aromatic heterocycles. The highest BCUT2D eigenvalue weighted by atomic mass is 16.3. The first-order chi connectivity index (χ1) is 24.2. The Bertz CT molecular complexity index is 2670. The zero-order chi connectivity index (χ0) is 32.7. The van der Waals surface area contributed by atoms with Crippen molar-refractivity contribution < 1.29 is 8.83 Å². The van der Waals surface area contributed by atoms with Crippen LogP contribution in [0.25, 0.3) is 83.4 Å².